The number of methoxy groups -OCH3 is 2. The summed E-state index contributed by atoms with van der Waals surface area (Å²) >= 11 is 6.01. The Hall–Kier alpha value is -1.85. The fourth-order valence-electron chi connectivity index (χ4n) is 2.03. The third-order valence-electron chi connectivity index (χ3n) is 3.19. The van der Waals surface area contributed by atoms with Crippen molar-refractivity contribution in [3.63, 3.8) is 0 Å². The van der Waals surface area contributed by atoms with Crippen LogP contribution in [0.5, 0.6) is 11.8 Å². The van der Waals surface area contributed by atoms with Crippen LogP contribution in [0, 0.1) is 0 Å². The van der Waals surface area contributed by atoms with Crippen molar-refractivity contribution in [2.24, 2.45) is 0 Å². The number of nitrogens with one attached hydrogen (secondary N) is 1. The van der Waals surface area contributed by atoms with Gasteiger partial charge < -0.3 is 14.8 Å². The molecule has 5 nitrogen and oxygen atoms in total. The zero-order valence-electron chi connectivity index (χ0n) is 12.3. The molecular weight excluding hydrogens is 290 g/mol. The van der Waals surface area contributed by atoms with E-state index in [0.29, 0.717) is 18.3 Å². The van der Waals surface area contributed by atoms with Crippen LogP contribution in [0.2, 0.25) is 5.02 Å². The van der Waals surface area contributed by atoms with Gasteiger partial charge in [0.2, 0.25) is 11.8 Å². The Balaban J connectivity index is 2.12. The number of rotatable bonds is 6. The van der Waals surface area contributed by atoms with Gasteiger partial charge in [-0.2, -0.15) is 0 Å². The minimum Gasteiger partial charge on any atom is -0.481 e. The lowest BCUT2D eigenvalue weighted by Crippen LogP contribution is -2.19. The van der Waals surface area contributed by atoms with E-state index >= 15 is 0 Å². The summed E-state index contributed by atoms with van der Waals surface area (Å²) in [7, 11) is 3.15. The van der Waals surface area contributed by atoms with Crippen molar-refractivity contribution < 1.29 is 9.47 Å². The maximum Gasteiger partial charge on any atom is 0.224 e. The van der Waals surface area contributed by atoms with Crippen LogP contribution in [-0.4, -0.2) is 24.2 Å². The molecule has 1 atom stereocenters. The van der Waals surface area contributed by atoms with E-state index < -0.39 is 0 Å². The van der Waals surface area contributed by atoms with Gasteiger partial charge in [-0.15, -0.1) is 0 Å². The summed E-state index contributed by atoms with van der Waals surface area (Å²) in [5, 5.41) is 4.11. The van der Waals surface area contributed by atoms with Crippen molar-refractivity contribution in [3.05, 3.63) is 46.7 Å². The van der Waals surface area contributed by atoms with Crippen LogP contribution in [0.3, 0.4) is 0 Å². The van der Waals surface area contributed by atoms with Gasteiger partial charge in [0.05, 0.1) is 19.8 Å². The third kappa shape index (κ3) is 3.83. The lowest BCUT2D eigenvalue weighted by molar-refractivity contribution is 0.357. The van der Waals surface area contributed by atoms with Gasteiger partial charge in [-0.25, -0.2) is 9.97 Å². The molecule has 2 aromatic rings. The van der Waals surface area contributed by atoms with Gasteiger partial charge in [-0.05, 0) is 24.6 Å². The van der Waals surface area contributed by atoms with E-state index in [2.05, 4.69) is 22.2 Å². The van der Waals surface area contributed by atoms with Crippen molar-refractivity contribution in [2.75, 3.05) is 14.2 Å². The fraction of sp³-hybridized carbons (Fsp3) is 0.333. The predicted molar refractivity (Wildman–Crippen MR) is 81.8 cm³/mol. The predicted octanol–water partition coefficient (Wildman–Crippen LogP) is 3.00. The second-order valence-electron chi connectivity index (χ2n) is 4.53. The van der Waals surface area contributed by atoms with Crippen LogP contribution in [0.4, 0.5) is 0 Å². The molecule has 0 aliphatic heterocycles. The van der Waals surface area contributed by atoms with Crippen molar-refractivity contribution in [3.8, 4) is 11.8 Å². The molecule has 1 aromatic carbocycles. The SMILES string of the molecule is COc1ncnc(OC)c1CN[C@@H](C)c1cccc(Cl)c1. The molecule has 1 N–H and O–H groups in total. The normalized spacial score (nSPS) is 12.0. The first-order chi connectivity index (χ1) is 10.2. The summed E-state index contributed by atoms with van der Waals surface area (Å²) < 4.78 is 10.5. The van der Waals surface area contributed by atoms with E-state index in [0.717, 1.165) is 16.1 Å². The highest BCUT2D eigenvalue weighted by Gasteiger charge is 2.14. The topological polar surface area (TPSA) is 56.3 Å². The number of nitrogens with zero attached hydrogens (tertiary/aromatic N) is 2. The average molecular weight is 308 g/mol. The van der Waals surface area contributed by atoms with E-state index in [1.807, 2.05) is 24.3 Å². The van der Waals surface area contributed by atoms with Crippen LogP contribution in [0.15, 0.2) is 30.6 Å². The van der Waals surface area contributed by atoms with Gasteiger partial charge in [0, 0.05) is 17.6 Å². The Morgan fingerprint density at radius 3 is 2.43 bits per heavy atom. The Bertz CT molecular complexity index is 585. The highest BCUT2D eigenvalue weighted by atomic mass is 35.5. The first-order valence-corrected chi connectivity index (χ1v) is 6.94. The summed E-state index contributed by atoms with van der Waals surface area (Å²) in [6, 6.07) is 7.88. The zero-order chi connectivity index (χ0) is 15.2. The standard InChI is InChI=1S/C15H18ClN3O2/c1-10(11-5-4-6-12(16)7-11)17-8-13-14(20-2)18-9-19-15(13)21-3/h4-7,9-10,17H,8H2,1-3H3/t10-/m0/s1. The van der Waals surface area contributed by atoms with Crippen molar-refractivity contribution in [1.29, 1.82) is 0 Å². The van der Waals surface area contributed by atoms with Crippen LogP contribution in [0.1, 0.15) is 24.1 Å². The van der Waals surface area contributed by atoms with Gasteiger partial charge in [0.25, 0.3) is 0 Å². The lowest BCUT2D eigenvalue weighted by atomic mass is 10.1. The van der Waals surface area contributed by atoms with Crippen molar-refractivity contribution in [2.45, 2.75) is 19.5 Å². The maximum absolute atomic E-state index is 6.01. The summed E-state index contributed by atoms with van der Waals surface area (Å²) in [6.45, 7) is 2.59. The number of ether oxygens (including phenoxy) is 2. The minimum atomic E-state index is 0.123. The molecule has 0 radical (unpaired) electrons. The Kier molecular flexibility index (Phi) is 5.36. The molecule has 2 rings (SSSR count). The number of hydrogen-bond acceptors (Lipinski definition) is 5. The molecular formula is C15H18ClN3O2. The van der Waals surface area contributed by atoms with Crippen molar-refractivity contribution >= 4 is 11.6 Å². The molecule has 0 fully saturated rings. The smallest absolute Gasteiger partial charge is 0.224 e. The molecule has 0 saturated heterocycles. The quantitative estimate of drug-likeness (QED) is 0.889. The average Bonchev–Trinajstić information content (AvgIpc) is 2.52. The fourth-order valence-corrected chi connectivity index (χ4v) is 2.23. The monoisotopic (exact) mass is 307 g/mol. The Morgan fingerprint density at radius 1 is 1.19 bits per heavy atom. The van der Waals surface area contributed by atoms with E-state index in [4.69, 9.17) is 21.1 Å². The molecule has 112 valence electrons. The van der Waals surface area contributed by atoms with Crippen LogP contribution in [-0.2, 0) is 6.54 Å². The number of halogens is 1. The van der Waals surface area contributed by atoms with Gasteiger partial charge in [-0.3, -0.25) is 0 Å². The van der Waals surface area contributed by atoms with E-state index in [1.165, 1.54) is 6.33 Å². The third-order valence-corrected chi connectivity index (χ3v) is 3.42. The summed E-state index contributed by atoms with van der Waals surface area (Å²) in [5.41, 5.74) is 1.90. The van der Waals surface area contributed by atoms with Crippen LogP contribution in [0.25, 0.3) is 0 Å². The summed E-state index contributed by atoms with van der Waals surface area (Å²) in [4.78, 5) is 8.19. The van der Waals surface area contributed by atoms with Gasteiger partial charge >= 0.3 is 0 Å². The number of aromatic nitrogens is 2. The van der Waals surface area contributed by atoms with E-state index in [1.54, 1.807) is 14.2 Å². The van der Waals surface area contributed by atoms with Gasteiger partial charge in [0.1, 0.15) is 6.33 Å². The molecule has 21 heavy (non-hydrogen) atoms. The highest BCUT2D eigenvalue weighted by Crippen LogP contribution is 2.24. The molecule has 0 bridgehead atoms. The molecule has 0 aliphatic rings. The molecule has 0 amide bonds. The van der Waals surface area contributed by atoms with Crippen LogP contribution >= 0.6 is 11.6 Å². The van der Waals surface area contributed by atoms with Crippen LogP contribution < -0.4 is 14.8 Å². The van der Waals surface area contributed by atoms with Crippen molar-refractivity contribution in [1.82, 2.24) is 15.3 Å². The number of benzene rings is 1. The van der Waals surface area contributed by atoms with E-state index in [-0.39, 0.29) is 6.04 Å². The maximum atomic E-state index is 6.01. The molecule has 1 aromatic heterocycles. The molecule has 0 saturated carbocycles. The minimum absolute atomic E-state index is 0.123. The first-order valence-electron chi connectivity index (χ1n) is 6.56. The lowest BCUT2D eigenvalue weighted by Gasteiger charge is -2.16. The van der Waals surface area contributed by atoms with Gasteiger partial charge in [0.15, 0.2) is 0 Å². The summed E-state index contributed by atoms with van der Waals surface area (Å²) in [5.74, 6) is 1.01. The second kappa shape index (κ2) is 7.24. The first kappa shape index (κ1) is 15.5. The zero-order valence-corrected chi connectivity index (χ0v) is 13.0. The highest BCUT2D eigenvalue weighted by molar-refractivity contribution is 6.30. The van der Waals surface area contributed by atoms with Gasteiger partial charge in [-0.1, -0.05) is 23.7 Å². The molecule has 1 heterocycles. The van der Waals surface area contributed by atoms with E-state index in [9.17, 15) is 0 Å². The Labute approximate surface area is 129 Å². The summed E-state index contributed by atoms with van der Waals surface area (Å²) in [6.07, 6.45) is 1.42. The molecule has 0 aliphatic carbocycles. The second-order valence-corrected chi connectivity index (χ2v) is 4.96. The number of hydrogen-bond donors (Lipinski definition) is 1. The molecule has 0 unspecified atom stereocenters. The molecule has 6 heteroatoms. The Morgan fingerprint density at radius 2 is 1.86 bits per heavy atom. The molecule has 0 spiro atoms. The largest absolute Gasteiger partial charge is 0.481 e.